The average Bonchev–Trinajstić information content (AvgIpc) is 3.69. The Morgan fingerprint density at radius 2 is 0.754 bits per heavy atom. The van der Waals surface area contributed by atoms with Crippen molar-refractivity contribution >= 4 is 21.8 Å². The van der Waals surface area contributed by atoms with Crippen LogP contribution in [0.5, 0.6) is 0 Å². The summed E-state index contributed by atoms with van der Waals surface area (Å²) in [4.78, 5) is 10.5. The van der Waals surface area contributed by atoms with Crippen molar-refractivity contribution in [1.82, 2.24) is 14.5 Å². The predicted molar refractivity (Wildman–Crippen MR) is 254 cm³/mol. The van der Waals surface area contributed by atoms with Crippen LogP contribution in [0.4, 0.5) is 0 Å². The molecule has 286 valence electrons. The largest absolute Gasteiger partial charge is 0.309 e. The van der Waals surface area contributed by atoms with Crippen LogP contribution >= 0.6 is 0 Å². The van der Waals surface area contributed by atoms with E-state index >= 15 is 0 Å². The highest BCUT2D eigenvalue weighted by Gasteiger charge is 2.20. The van der Waals surface area contributed by atoms with Crippen molar-refractivity contribution in [2.75, 3.05) is 0 Å². The maximum Gasteiger partial charge on any atom is 0.160 e. The molecular formula is C58H39N3. The fourth-order valence-electron chi connectivity index (χ4n) is 8.62. The van der Waals surface area contributed by atoms with E-state index in [4.69, 9.17) is 9.97 Å². The standard InChI is InChI=1S/C58H39N3/c1-5-17-40(18-6-1)42-31-33-45(34-32-42)54-39-53(44-23-11-4-12-24-44)59-58(60-54)48-27-16-28-50(36-48)61-55-30-14-13-29-51(55)57-52(43-21-9-3-10-22-43)37-49(38-56(57)61)47-26-15-25-46(35-47)41-19-7-2-8-20-41/h1-39H. The van der Waals surface area contributed by atoms with Gasteiger partial charge in [0.15, 0.2) is 5.82 Å². The van der Waals surface area contributed by atoms with E-state index in [0.29, 0.717) is 5.82 Å². The molecule has 0 aliphatic carbocycles. The highest BCUT2D eigenvalue weighted by atomic mass is 15.0. The van der Waals surface area contributed by atoms with Crippen molar-refractivity contribution in [3.63, 3.8) is 0 Å². The average molecular weight is 778 g/mol. The van der Waals surface area contributed by atoms with E-state index in [-0.39, 0.29) is 0 Å². The van der Waals surface area contributed by atoms with Gasteiger partial charge in [0.05, 0.1) is 22.4 Å². The number of nitrogens with zero attached hydrogens (tertiary/aromatic N) is 3. The third-order valence-electron chi connectivity index (χ3n) is 11.6. The van der Waals surface area contributed by atoms with E-state index < -0.39 is 0 Å². The maximum atomic E-state index is 5.27. The lowest BCUT2D eigenvalue weighted by Crippen LogP contribution is -1.98. The lowest BCUT2D eigenvalue weighted by atomic mass is 9.93. The summed E-state index contributed by atoms with van der Waals surface area (Å²) in [6.45, 7) is 0. The number of benzene rings is 9. The number of hydrogen-bond donors (Lipinski definition) is 0. The van der Waals surface area contributed by atoms with E-state index in [0.717, 1.165) is 50.4 Å². The zero-order chi connectivity index (χ0) is 40.5. The van der Waals surface area contributed by atoms with Crippen molar-refractivity contribution in [2.45, 2.75) is 0 Å². The zero-order valence-electron chi connectivity index (χ0n) is 33.4. The number of rotatable bonds is 8. The molecule has 11 aromatic rings. The van der Waals surface area contributed by atoms with Gasteiger partial charge >= 0.3 is 0 Å². The van der Waals surface area contributed by atoms with Gasteiger partial charge in [0.1, 0.15) is 0 Å². The van der Waals surface area contributed by atoms with Gasteiger partial charge in [-0.05, 0) is 87.0 Å². The summed E-state index contributed by atoms with van der Waals surface area (Å²) in [5.74, 6) is 0.675. The van der Waals surface area contributed by atoms with Crippen molar-refractivity contribution in [3.8, 4) is 84.1 Å². The van der Waals surface area contributed by atoms with Gasteiger partial charge in [0.25, 0.3) is 0 Å². The van der Waals surface area contributed by atoms with Crippen LogP contribution in [-0.2, 0) is 0 Å². The minimum absolute atomic E-state index is 0.675. The first-order valence-electron chi connectivity index (χ1n) is 20.7. The second kappa shape index (κ2) is 15.6. The van der Waals surface area contributed by atoms with Gasteiger partial charge in [0, 0.05) is 33.2 Å². The predicted octanol–water partition coefficient (Wildman–Crippen LogP) is 15.2. The molecule has 2 heterocycles. The second-order valence-electron chi connectivity index (χ2n) is 15.4. The fraction of sp³-hybridized carbons (Fsp3) is 0. The van der Waals surface area contributed by atoms with Crippen LogP contribution in [0, 0.1) is 0 Å². The van der Waals surface area contributed by atoms with Gasteiger partial charge < -0.3 is 4.57 Å². The van der Waals surface area contributed by atoms with Gasteiger partial charge in [-0.1, -0.05) is 194 Å². The van der Waals surface area contributed by atoms with E-state index in [9.17, 15) is 0 Å². The Labute approximate surface area is 355 Å². The third-order valence-corrected chi connectivity index (χ3v) is 11.6. The summed E-state index contributed by atoms with van der Waals surface area (Å²) < 4.78 is 2.41. The van der Waals surface area contributed by atoms with Crippen LogP contribution in [0.25, 0.3) is 106 Å². The molecule has 0 fully saturated rings. The molecule has 0 saturated carbocycles. The lowest BCUT2D eigenvalue weighted by Gasteiger charge is -2.14. The summed E-state index contributed by atoms with van der Waals surface area (Å²) in [6.07, 6.45) is 0. The fourth-order valence-corrected chi connectivity index (χ4v) is 8.62. The summed E-state index contributed by atoms with van der Waals surface area (Å²) in [7, 11) is 0. The summed E-state index contributed by atoms with van der Waals surface area (Å²) in [5.41, 5.74) is 17.6. The highest BCUT2D eigenvalue weighted by molar-refractivity contribution is 6.17. The molecule has 61 heavy (non-hydrogen) atoms. The number of aromatic nitrogens is 3. The van der Waals surface area contributed by atoms with E-state index in [1.165, 1.54) is 49.7 Å². The van der Waals surface area contributed by atoms with Crippen LogP contribution in [-0.4, -0.2) is 14.5 Å². The topological polar surface area (TPSA) is 30.7 Å². The molecule has 0 N–H and O–H groups in total. The Morgan fingerprint density at radius 3 is 1.43 bits per heavy atom. The Bertz CT molecular complexity index is 3320. The molecule has 0 atom stereocenters. The third kappa shape index (κ3) is 6.88. The van der Waals surface area contributed by atoms with E-state index in [1.807, 2.05) is 12.1 Å². The molecule has 3 heteroatoms. The molecule has 9 aromatic carbocycles. The number of para-hydroxylation sites is 1. The number of fused-ring (bicyclic) bond motifs is 3. The molecule has 3 nitrogen and oxygen atoms in total. The molecule has 0 aliphatic rings. The Kier molecular flexibility index (Phi) is 9.18. The van der Waals surface area contributed by atoms with Gasteiger partial charge in [-0.25, -0.2) is 9.97 Å². The second-order valence-corrected chi connectivity index (χ2v) is 15.4. The summed E-state index contributed by atoms with van der Waals surface area (Å²) in [6, 6.07) is 84.1. The normalized spacial score (nSPS) is 11.3. The highest BCUT2D eigenvalue weighted by Crippen LogP contribution is 2.42. The Balaban J connectivity index is 1.10. The lowest BCUT2D eigenvalue weighted by molar-refractivity contribution is 1.16. The molecule has 0 aliphatic heterocycles. The first kappa shape index (κ1) is 36.0. The Hall–Kier alpha value is -8.14. The summed E-state index contributed by atoms with van der Waals surface area (Å²) in [5, 5.41) is 2.42. The van der Waals surface area contributed by atoms with Crippen LogP contribution in [0.1, 0.15) is 0 Å². The zero-order valence-corrected chi connectivity index (χ0v) is 33.4. The quantitative estimate of drug-likeness (QED) is 0.154. The molecule has 0 radical (unpaired) electrons. The van der Waals surface area contributed by atoms with Crippen LogP contribution in [0.3, 0.4) is 0 Å². The van der Waals surface area contributed by atoms with Gasteiger partial charge in [0.2, 0.25) is 0 Å². The van der Waals surface area contributed by atoms with Crippen molar-refractivity contribution in [1.29, 1.82) is 0 Å². The Morgan fingerprint density at radius 1 is 0.279 bits per heavy atom. The monoisotopic (exact) mass is 777 g/mol. The van der Waals surface area contributed by atoms with E-state index in [1.54, 1.807) is 0 Å². The van der Waals surface area contributed by atoms with Crippen molar-refractivity contribution < 1.29 is 0 Å². The first-order chi connectivity index (χ1) is 30.2. The van der Waals surface area contributed by atoms with Crippen LogP contribution < -0.4 is 0 Å². The first-order valence-corrected chi connectivity index (χ1v) is 20.7. The molecule has 2 aromatic heterocycles. The van der Waals surface area contributed by atoms with Crippen molar-refractivity contribution in [2.24, 2.45) is 0 Å². The molecule has 11 rings (SSSR count). The molecule has 0 saturated heterocycles. The van der Waals surface area contributed by atoms with Gasteiger partial charge in [-0.15, -0.1) is 0 Å². The smallest absolute Gasteiger partial charge is 0.160 e. The SMILES string of the molecule is c1ccc(-c2ccc(-c3cc(-c4ccccc4)nc(-c4cccc(-n5c6ccccc6c6c(-c7ccccc7)cc(-c7cccc(-c8ccccc8)c7)cc65)c4)n3)cc2)cc1. The summed E-state index contributed by atoms with van der Waals surface area (Å²) >= 11 is 0. The maximum absolute atomic E-state index is 5.27. The molecule has 0 bridgehead atoms. The van der Waals surface area contributed by atoms with Crippen molar-refractivity contribution in [3.05, 3.63) is 237 Å². The minimum Gasteiger partial charge on any atom is -0.309 e. The molecular weight excluding hydrogens is 739 g/mol. The number of hydrogen-bond acceptors (Lipinski definition) is 2. The van der Waals surface area contributed by atoms with Gasteiger partial charge in [-0.3, -0.25) is 0 Å². The van der Waals surface area contributed by atoms with Crippen LogP contribution in [0.15, 0.2) is 237 Å². The van der Waals surface area contributed by atoms with E-state index in [2.05, 4.69) is 229 Å². The van der Waals surface area contributed by atoms with Gasteiger partial charge in [-0.2, -0.15) is 0 Å². The minimum atomic E-state index is 0.675. The molecule has 0 spiro atoms. The molecule has 0 unspecified atom stereocenters. The molecule has 0 amide bonds. The van der Waals surface area contributed by atoms with Crippen LogP contribution in [0.2, 0.25) is 0 Å².